The number of carbonyl (C=O) groups is 1. The molecular weight excluding hydrogens is 485 g/mol. The van der Waals surface area contributed by atoms with E-state index in [4.69, 9.17) is 9.97 Å². The number of thiazole rings is 1. The van der Waals surface area contributed by atoms with Crippen LogP contribution in [0.4, 0.5) is 9.18 Å². The van der Waals surface area contributed by atoms with E-state index in [1.165, 1.54) is 21.8 Å². The van der Waals surface area contributed by atoms with Crippen molar-refractivity contribution < 1.29 is 14.3 Å². The molecule has 0 radical (unpaired) electrons. The number of nitrogens with zero attached hydrogens (tertiary/aromatic N) is 3. The van der Waals surface area contributed by atoms with E-state index in [-0.39, 0.29) is 16.6 Å². The van der Waals surface area contributed by atoms with Gasteiger partial charge in [-0.3, -0.25) is 0 Å². The zero-order valence-corrected chi connectivity index (χ0v) is 22.1. The van der Waals surface area contributed by atoms with Gasteiger partial charge in [0.05, 0.1) is 5.69 Å². The fourth-order valence-electron chi connectivity index (χ4n) is 5.38. The number of pyridine rings is 1. The maximum atomic E-state index is 15.5. The Morgan fingerprint density at radius 1 is 1.00 bits per heavy atom. The van der Waals surface area contributed by atoms with Gasteiger partial charge in [0.2, 0.25) is 0 Å². The predicted molar refractivity (Wildman–Crippen MR) is 145 cm³/mol. The van der Waals surface area contributed by atoms with Crippen molar-refractivity contribution in [2.75, 3.05) is 6.54 Å². The van der Waals surface area contributed by atoms with Crippen molar-refractivity contribution in [2.24, 2.45) is 0 Å². The third-order valence-corrected chi connectivity index (χ3v) is 8.99. The molecule has 6 rings (SSSR count). The van der Waals surface area contributed by atoms with E-state index in [0.29, 0.717) is 17.1 Å². The average Bonchev–Trinajstić information content (AvgIpc) is 3.79. The molecule has 2 aliphatic rings. The molecule has 190 valence electrons. The van der Waals surface area contributed by atoms with E-state index in [2.05, 4.69) is 30.3 Å². The van der Waals surface area contributed by atoms with E-state index >= 15 is 4.39 Å². The molecule has 2 saturated carbocycles. The van der Waals surface area contributed by atoms with Gasteiger partial charge in [0, 0.05) is 28.5 Å². The number of aromatic nitrogens is 2. The second-order valence-electron chi connectivity index (χ2n) is 11.5. The Morgan fingerprint density at radius 3 is 2.32 bits per heavy atom. The highest BCUT2D eigenvalue weighted by molar-refractivity contribution is 7.21. The maximum absolute atomic E-state index is 15.5. The quantitative estimate of drug-likeness (QED) is 0.291. The smallest absolute Gasteiger partial charge is 0.407 e. The SMILES string of the molecule is CC(C)(C)N(CC1(c2ccc(-c3nc4ccc(C5(c6ccccc6)CC5)nc4s3)c(F)c2)CC1)C(=O)O. The van der Waals surface area contributed by atoms with Gasteiger partial charge in [-0.1, -0.05) is 47.7 Å². The summed E-state index contributed by atoms with van der Waals surface area (Å²) in [5.74, 6) is -0.330. The highest BCUT2D eigenvalue weighted by Crippen LogP contribution is 2.53. The summed E-state index contributed by atoms with van der Waals surface area (Å²) < 4.78 is 15.5. The topological polar surface area (TPSA) is 66.3 Å². The third kappa shape index (κ3) is 4.19. The molecule has 1 N–H and O–H groups in total. The summed E-state index contributed by atoms with van der Waals surface area (Å²) in [6.07, 6.45) is 2.91. The zero-order chi connectivity index (χ0) is 26.0. The number of amides is 1. The van der Waals surface area contributed by atoms with Crippen molar-refractivity contribution in [1.82, 2.24) is 14.9 Å². The lowest BCUT2D eigenvalue weighted by Crippen LogP contribution is -2.48. The summed E-state index contributed by atoms with van der Waals surface area (Å²) >= 11 is 1.42. The van der Waals surface area contributed by atoms with Gasteiger partial charge in [-0.2, -0.15) is 0 Å². The zero-order valence-electron chi connectivity index (χ0n) is 21.3. The van der Waals surface area contributed by atoms with Crippen LogP contribution in [0.5, 0.6) is 0 Å². The fraction of sp³-hybridized carbons (Fsp3) is 0.367. The Hall–Kier alpha value is -3.32. The van der Waals surface area contributed by atoms with E-state index in [1.807, 2.05) is 39.0 Å². The van der Waals surface area contributed by atoms with Gasteiger partial charge in [-0.05, 0) is 81.8 Å². The Balaban J connectivity index is 1.29. The van der Waals surface area contributed by atoms with E-state index in [9.17, 15) is 9.90 Å². The van der Waals surface area contributed by atoms with Gasteiger partial charge in [0.25, 0.3) is 0 Å². The second-order valence-corrected chi connectivity index (χ2v) is 12.5. The molecule has 0 unspecified atom stereocenters. The van der Waals surface area contributed by atoms with Crippen molar-refractivity contribution in [3.8, 4) is 10.6 Å². The molecule has 0 spiro atoms. The van der Waals surface area contributed by atoms with Crippen LogP contribution in [0.25, 0.3) is 20.9 Å². The second kappa shape index (κ2) is 8.35. The third-order valence-electron chi connectivity index (χ3n) is 7.99. The van der Waals surface area contributed by atoms with E-state index < -0.39 is 11.6 Å². The Bertz CT molecular complexity index is 1500. The number of rotatable bonds is 6. The van der Waals surface area contributed by atoms with Crippen LogP contribution >= 0.6 is 11.3 Å². The van der Waals surface area contributed by atoms with Gasteiger partial charge in [-0.25, -0.2) is 19.2 Å². The molecule has 2 fully saturated rings. The summed E-state index contributed by atoms with van der Waals surface area (Å²) in [6.45, 7) is 6.02. The van der Waals surface area contributed by atoms with Crippen molar-refractivity contribution in [3.05, 3.63) is 83.3 Å². The van der Waals surface area contributed by atoms with E-state index in [1.54, 1.807) is 12.1 Å². The Labute approximate surface area is 220 Å². The minimum atomic E-state index is -0.947. The Morgan fingerprint density at radius 2 is 1.73 bits per heavy atom. The summed E-state index contributed by atoms with van der Waals surface area (Å²) in [7, 11) is 0. The minimum Gasteiger partial charge on any atom is -0.465 e. The number of fused-ring (bicyclic) bond motifs is 1. The van der Waals surface area contributed by atoms with E-state index in [0.717, 1.165) is 47.3 Å². The largest absolute Gasteiger partial charge is 0.465 e. The standard InChI is InChI=1S/C30H30FN3O2S/c1-28(2,3)34(27(35)36)18-29(13-14-29)20-9-10-21(22(31)17-20)25-32-23-11-12-24(33-26(23)37-25)30(15-16-30)19-7-5-4-6-8-19/h4-12,17H,13-16,18H2,1-3H3,(H,35,36). The Kier molecular flexibility index (Phi) is 5.42. The minimum absolute atomic E-state index is 0.0258. The molecule has 0 aliphatic heterocycles. The van der Waals surface area contributed by atoms with Crippen LogP contribution in [0.1, 0.15) is 63.3 Å². The predicted octanol–water partition coefficient (Wildman–Crippen LogP) is 7.39. The van der Waals surface area contributed by atoms with Crippen LogP contribution in [-0.4, -0.2) is 38.2 Å². The van der Waals surface area contributed by atoms with Gasteiger partial charge < -0.3 is 10.0 Å². The first kappa shape index (κ1) is 24.0. The van der Waals surface area contributed by atoms with Gasteiger partial charge in [-0.15, -0.1) is 0 Å². The molecule has 2 aromatic heterocycles. The van der Waals surface area contributed by atoms with Crippen LogP contribution < -0.4 is 0 Å². The molecule has 4 aromatic rings. The molecule has 0 bridgehead atoms. The summed E-state index contributed by atoms with van der Waals surface area (Å²) in [5, 5.41) is 10.4. The monoisotopic (exact) mass is 515 g/mol. The molecule has 0 saturated heterocycles. The summed E-state index contributed by atoms with van der Waals surface area (Å²) in [4.78, 5) is 23.8. The first-order valence-corrected chi connectivity index (χ1v) is 13.6. The molecule has 0 atom stereocenters. The normalized spacial score (nSPS) is 17.5. The lowest BCUT2D eigenvalue weighted by Gasteiger charge is -2.36. The molecule has 5 nitrogen and oxygen atoms in total. The maximum Gasteiger partial charge on any atom is 0.407 e. The highest BCUT2D eigenvalue weighted by atomic mass is 32.1. The summed E-state index contributed by atoms with van der Waals surface area (Å²) in [6, 6.07) is 19.9. The molecular formula is C30H30FN3O2S. The van der Waals surface area contributed by atoms with Gasteiger partial charge in [0.1, 0.15) is 21.2 Å². The highest BCUT2D eigenvalue weighted by Gasteiger charge is 2.49. The molecule has 2 heterocycles. The molecule has 7 heteroatoms. The number of hydrogen-bond donors (Lipinski definition) is 1. The van der Waals surface area contributed by atoms with Crippen molar-refractivity contribution in [1.29, 1.82) is 0 Å². The van der Waals surface area contributed by atoms with Crippen molar-refractivity contribution in [2.45, 2.75) is 62.8 Å². The molecule has 1 amide bonds. The van der Waals surface area contributed by atoms with Gasteiger partial charge >= 0.3 is 6.09 Å². The van der Waals surface area contributed by atoms with Crippen LogP contribution in [0.3, 0.4) is 0 Å². The summed E-state index contributed by atoms with van der Waals surface area (Å²) in [5.41, 5.74) is 3.55. The molecule has 37 heavy (non-hydrogen) atoms. The fourth-order valence-corrected chi connectivity index (χ4v) is 6.34. The van der Waals surface area contributed by atoms with Crippen molar-refractivity contribution >= 4 is 27.8 Å². The number of carboxylic acid groups (broad SMARTS) is 1. The van der Waals surface area contributed by atoms with Crippen molar-refractivity contribution in [3.63, 3.8) is 0 Å². The average molecular weight is 516 g/mol. The first-order chi connectivity index (χ1) is 17.6. The van der Waals surface area contributed by atoms with Crippen LogP contribution in [0.2, 0.25) is 0 Å². The van der Waals surface area contributed by atoms with Crippen LogP contribution in [0, 0.1) is 5.82 Å². The number of benzene rings is 2. The van der Waals surface area contributed by atoms with Gasteiger partial charge in [0.15, 0.2) is 0 Å². The number of hydrogen-bond acceptors (Lipinski definition) is 4. The van der Waals surface area contributed by atoms with Crippen LogP contribution in [-0.2, 0) is 10.8 Å². The van der Waals surface area contributed by atoms with Crippen LogP contribution in [0.15, 0.2) is 60.7 Å². The lowest BCUT2D eigenvalue weighted by molar-refractivity contribution is 0.0934. The molecule has 2 aromatic carbocycles. The lowest BCUT2D eigenvalue weighted by atomic mass is 9.92. The molecule has 2 aliphatic carbocycles. The number of halogens is 1. The first-order valence-electron chi connectivity index (χ1n) is 12.8.